The van der Waals surface area contributed by atoms with Crippen LogP contribution in [-0.2, 0) is 0 Å². The summed E-state index contributed by atoms with van der Waals surface area (Å²) in [6, 6.07) is 5.24. The van der Waals surface area contributed by atoms with Gasteiger partial charge in [0.25, 0.3) is 5.91 Å². The number of rotatable bonds is 4. The molecule has 104 valence electrons. The van der Waals surface area contributed by atoms with Crippen molar-refractivity contribution in [3.8, 4) is 0 Å². The predicted molar refractivity (Wildman–Crippen MR) is 81.7 cm³/mol. The molecule has 1 fully saturated rings. The van der Waals surface area contributed by atoms with Crippen LogP contribution in [0.25, 0.3) is 0 Å². The molecular weight excluding hydrogens is 328 g/mol. The van der Waals surface area contributed by atoms with Gasteiger partial charge in [0.05, 0.1) is 0 Å². The van der Waals surface area contributed by atoms with E-state index >= 15 is 0 Å². The van der Waals surface area contributed by atoms with Gasteiger partial charge in [0.15, 0.2) is 0 Å². The number of piperidine rings is 1. The van der Waals surface area contributed by atoms with Crippen LogP contribution in [0.15, 0.2) is 22.7 Å². The lowest BCUT2D eigenvalue weighted by atomic mass is 9.96. The van der Waals surface area contributed by atoms with E-state index in [-0.39, 0.29) is 5.91 Å². The lowest BCUT2D eigenvalue weighted by Gasteiger charge is -2.22. The molecule has 0 spiro atoms. The van der Waals surface area contributed by atoms with Crippen molar-refractivity contribution in [2.45, 2.75) is 19.3 Å². The molecule has 0 aromatic heterocycles. The number of hydrogen-bond acceptors (Lipinski definition) is 2. The standard InChI is InChI=1S/C14H18BrClN2O/c15-12-6-11(7-13(16)8-12)14(19)18-5-3-10-2-1-4-17-9-10/h6-8,10,17H,1-5,9H2,(H,18,19). The predicted octanol–water partition coefficient (Wildman–Crippen LogP) is 3.22. The molecule has 1 aromatic rings. The third-order valence-electron chi connectivity index (χ3n) is 3.36. The van der Waals surface area contributed by atoms with Crippen LogP contribution in [0.4, 0.5) is 0 Å². The molecular formula is C14H18BrClN2O. The number of benzene rings is 1. The van der Waals surface area contributed by atoms with Gasteiger partial charge in [0.1, 0.15) is 0 Å². The summed E-state index contributed by atoms with van der Waals surface area (Å²) in [6.45, 7) is 2.91. The summed E-state index contributed by atoms with van der Waals surface area (Å²) in [7, 11) is 0. The van der Waals surface area contributed by atoms with Crippen LogP contribution in [0.2, 0.25) is 5.02 Å². The maximum absolute atomic E-state index is 12.0. The van der Waals surface area contributed by atoms with Crippen LogP contribution < -0.4 is 10.6 Å². The number of carbonyl (C=O) groups is 1. The van der Waals surface area contributed by atoms with Crippen molar-refractivity contribution in [3.05, 3.63) is 33.3 Å². The van der Waals surface area contributed by atoms with E-state index in [4.69, 9.17) is 11.6 Å². The third kappa shape index (κ3) is 4.79. The second-order valence-electron chi connectivity index (χ2n) is 4.92. The summed E-state index contributed by atoms with van der Waals surface area (Å²) in [5.74, 6) is 0.618. The van der Waals surface area contributed by atoms with E-state index in [1.54, 1.807) is 18.2 Å². The second kappa shape index (κ2) is 7.27. The molecule has 0 radical (unpaired) electrons. The number of hydrogen-bond donors (Lipinski definition) is 2. The topological polar surface area (TPSA) is 41.1 Å². The number of nitrogens with one attached hydrogen (secondary N) is 2. The first-order chi connectivity index (χ1) is 9.15. The zero-order valence-electron chi connectivity index (χ0n) is 10.7. The van der Waals surface area contributed by atoms with Crippen molar-refractivity contribution >= 4 is 33.4 Å². The van der Waals surface area contributed by atoms with Gasteiger partial charge < -0.3 is 10.6 Å². The molecule has 1 unspecified atom stereocenters. The lowest BCUT2D eigenvalue weighted by molar-refractivity contribution is 0.0950. The van der Waals surface area contributed by atoms with Crippen LogP contribution in [-0.4, -0.2) is 25.5 Å². The van der Waals surface area contributed by atoms with Crippen molar-refractivity contribution in [3.63, 3.8) is 0 Å². The third-order valence-corrected chi connectivity index (χ3v) is 4.04. The van der Waals surface area contributed by atoms with Gasteiger partial charge in [0.2, 0.25) is 0 Å². The van der Waals surface area contributed by atoms with Crippen LogP contribution in [0.1, 0.15) is 29.6 Å². The molecule has 3 nitrogen and oxygen atoms in total. The van der Waals surface area contributed by atoms with Crippen LogP contribution in [0.5, 0.6) is 0 Å². The Bertz CT molecular complexity index is 427. The van der Waals surface area contributed by atoms with E-state index < -0.39 is 0 Å². The molecule has 0 bridgehead atoms. The van der Waals surface area contributed by atoms with E-state index in [0.717, 1.165) is 30.5 Å². The summed E-state index contributed by atoms with van der Waals surface area (Å²) < 4.78 is 0.821. The summed E-state index contributed by atoms with van der Waals surface area (Å²) in [4.78, 5) is 12.0. The quantitative estimate of drug-likeness (QED) is 0.879. The Morgan fingerprint density at radius 2 is 2.32 bits per heavy atom. The Kier molecular flexibility index (Phi) is 5.67. The Balaban J connectivity index is 1.80. The molecule has 0 aliphatic carbocycles. The van der Waals surface area contributed by atoms with Crippen molar-refractivity contribution in [2.24, 2.45) is 5.92 Å². The van der Waals surface area contributed by atoms with E-state index in [1.165, 1.54) is 12.8 Å². The maximum Gasteiger partial charge on any atom is 0.251 e. The highest BCUT2D eigenvalue weighted by molar-refractivity contribution is 9.10. The van der Waals surface area contributed by atoms with E-state index in [9.17, 15) is 4.79 Å². The van der Waals surface area contributed by atoms with Gasteiger partial charge in [0, 0.05) is 21.6 Å². The molecule has 2 N–H and O–H groups in total. The largest absolute Gasteiger partial charge is 0.352 e. The molecule has 0 saturated carbocycles. The number of halogens is 2. The smallest absolute Gasteiger partial charge is 0.251 e. The molecule has 19 heavy (non-hydrogen) atoms. The molecule has 2 rings (SSSR count). The first-order valence-electron chi connectivity index (χ1n) is 6.60. The van der Waals surface area contributed by atoms with Gasteiger partial charge in [-0.3, -0.25) is 4.79 Å². The molecule has 1 saturated heterocycles. The minimum atomic E-state index is -0.0630. The molecule has 1 heterocycles. The first kappa shape index (κ1) is 14.8. The zero-order chi connectivity index (χ0) is 13.7. The highest BCUT2D eigenvalue weighted by Gasteiger charge is 2.13. The first-order valence-corrected chi connectivity index (χ1v) is 7.77. The Hall–Kier alpha value is -0.580. The SMILES string of the molecule is O=C(NCCC1CCCNC1)c1cc(Cl)cc(Br)c1. The minimum absolute atomic E-state index is 0.0630. The average Bonchev–Trinajstić information content (AvgIpc) is 2.38. The molecule has 1 aliphatic rings. The highest BCUT2D eigenvalue weighted by Crippen LogP contribution is 2.19. The van der Waals surface area contributed by atoms with Gasteiger partial charge in [-0.1, -0.05) is 27.5 Å². The lowest BCUT2D eigenvalue weighted by Crippen LogP contribution is -2.33. The highest BCUT2D eigenvalue weighted by atomic mass is 79.9. The summed E-state index contributed by atoms with van der Waals surface area (Å²) in [5, 5.41) is 6.90. The fourth-order valence-electron chi connectivity index (χ4n) is 2.35. The number of carbonyl (C=O) groups excluding carboxylic acids is 1. The molecule has 1 atom stereocenters. The summed E-state index contributed by atoms with van der Waals surface area (Å²) >= 11 is 9.27. The van der Waals surface area contributed by atoms with E-state index in [1.807, 2.05) is 0 Å². The van der Waals surface area contributed by atoms with E-state index in [2.05, 4.69) is 26.6 Å². The van der Waals surface area contributed by atoms with Gasteiger partial charge in [-0.15, -0.1) is 0 Å². The average molecular weight is 346 g/mol. The van der Waals surface area contributed by atoms with Crippen molar-refractivity contribution in [2.75, 3.05) is 19.6 Å². The molecule has 1 aliphatic heterocycles. The fraction of sp³-hybridized carbons (Fsp3) is 0.500. The number of amides is 1. The molecule has 5 heteroatoms. The van der Waals surface area contributed by atoms with Crippen LogP contribution in [0.3, 0.4) is 0 Å². The fourth-order valence-corrected chi connectivity index (χ4v) is 3.21. The van der Waals surface area contributed by atoms with Crippen molar-refractivity contribution in [1.82, 2.24) is 10.6 Å². The van der Waals surface area contributed by atoms with E-state index in [0.29, 0.717) is 16.5 Å². The van der Waals surface area contributed by atoms with Gasteiger partial charge in [-0.2, -0.15) is 0 Å². The second-order valence-corrected chi connectivity index (χ2v) is 6.27. The molecule has 1 aromatic carbocycles. The van der Waals surface area contributed by atoms with Crippen LogP contribution in [0, 0.1) is 5.92 Å². The summed E-state index contributed by atoms with van der Waals surface area (Å²) in [5.41, 5.74) is 0.598. The molecule has 1 amide bonds. The van der Waals surface area contributed by atoms with Gasteiger partial charge in [-0.25, -0.2) is 0 Å². The van der Waals surface area contributed by atoms with Gasteiger partial charge >= 0.3 is 0 Å². The Labute approximate surface area is 127 Å². The monoisotopic (exact) mass is 344 g/mol. The van der Waals surface area contributed by atoms with Crippen LogP contribution >= 0.6 is 27.5 Å². The minimum Gasteiger partial charge on any atom is -0.352 e. The van der Waals surface area contributed by atoms with Gasteiger partial charge in [-0.05, 0) is 56.5 Å². The normalized spacial score (nSPS) is 19.2. The van der Waals surface area contributed by atoms with Crippen molar-refractivity contribution < 1.29 is 4.79 Å². The Morgan fingerprint density at radius 1 is 1.47 bits per heavy atom. The van der Waals surface area contributed by atoms with Crippen molar-refractivity contribution in [1.29, 1.82) is 0 Å². The maximum atomic E-state index is 12.0. The Morgan fingerprint density at radius 3 is 3.00 bits per heavy atom. The summed E-state index contributed by atoms with van der Waals surface area (Å²) in [6.07, 6.45) is 3.52. The zero-order valence-corrected chi connectivity index (χ0v) is 13.1.